The van der Waals surface area contributed by atoms with Crippen molar-refractivity contribution < 1.29 is 4.42 Å². The van der Waals surface area contributed by atoms with E-state index in [4.69, 9.17) is 16.0 Å². The van der Waals surface area contributed by atoms with Gasteiger partial charge in [-0.15, -0.1) is 0 Å². The van der Waals surface area contributed by atoms with Crippen LogP contribution in [-0.2, 0) is 0 Å². The Balaban J connectivity index is 1.68. The monoisotopic (exact) mass is 412 g/mol. The lowest BCUT2D eigenvalue weighted by molar-refractivity contribution is 0.618. The van der Waals surface area contributed by atoms with Gasteiger partial charge in [-0.05, 0) is 55.5 Å². The summed E-state index contributed by atoms with van der Waals surface area (Å²) in [6.07, 6.45) is 1.53. The maximum atomic E-state index is 6.15. The first-order valence-electron chi connectivity index (χ1n) is 9.47. The molecule has 5 aromatic rings. The van der Waals surface area contributed by atoms with Crippen LogP contribution in [0.1, 0.15) is 5.56 Å². The summed E-state index contributed by atoms with van der Waals surface area (Å²) in [7, 11) is 0. The van der Waals surface area contributed by atoms with E-state index in [1.165, 1.54) is 6.33 Å². The van der Waals surface area contributed by atoms with Gasteiger partial charge in [0.2, 0.25) is 0 Å². The minimum Gasteiger partial charge on any atom is -0.456 e. The van der Waals surface area contributed by atoms with E-state index >= 15 is 0 Å². The molecule has 0 aliphatic heterocycles. The lowest BCUT2D eigenvalue weighted by Gasteiger charge is -2.07. The predicted octanol–water partition coefficient (Wildman–Crippen LogP) is 5.93. The van der Waals surface area contributed by atoms with Gasteiger partial charge in [0.15, 0.2) is 5.82 Å². The quantitative estimate of drug-likeness (QED) is 0.373. The van der Waals surface area contributed by atoms with Crippen LogP contribution in [0.5, 0.6) is 0 Å². The molecule has 0 bridgehead atoms. The summed E-state index contributed by atoms with van der Waals surface area (Å²) in [6.45, 7) is 2.04. The second-order valence-corrected chi connectivity index (χ2v) is 7.40. The Labute approximate surface area is 177 Å². The van der Waals surface area contributed by atoms with Crippen molar-refractivity contribution in [2.24, 2.45) is 5.10 Å². The summed E-state index contributed by atoms with van der Waals surface area (Å²) < 4.78 is 6.15. The van der Waals surface area contributed by atoms with Crippen LogP contribution in [-0.4, -0.2) is 9.97 Å². The number of aryl methyl sites for hydroxylation is 1. The van der Waals surface area contributed by atoms with E-state index in [2.05, 4.69) is 26.6 Å². The van der Waals surface area contributed by atoms with Gasteiger partial charge in [-0.25, -0.2) is 9.97 Å². The zero-order valence-electron chi connectivity index (χ0n) is 16.1. The summed E-state index contributed by atoms with van der Waals surface area (Å²) in [6, 6.07) is 23.3. The van der Waals surface area contributed by atoms with Gasteiger partial charge in [0.1, 0.15) is 17.7 Å². The van der Waals surface area contributed by atoms with E-state index < -0.39 is 0 Å². The van der Waals surface area contributed by atoms with Crippen molar-refractivity contribution in [3.63, 3.8) is 0 Å². The first kappa shape index (κ1) is 18.3. The maximum Gasteiger partial charge on any atom is 0.157 e. The zero-order chi connectivity index (χ0) is 20.5. The minimum atomic E-state index is 0.648. The van der Waals surface area contributed by atoms with Gasteiger partial charge in [0.25, 0.3) is 0 Å². The molecule has 0 saturated carbocycles. The van der Waals surface area contributed by atoms with Crippen molar-refractivity contribution in [3.8, 4) is 11.3 Å². The normalized spacial score (nSPS) is 11.9. The Kier molecular flexibility index (Phi) is 4.65. The van der Waals surface area contributed by atoms with Crippen LogP contribution in [0.4, 0.5) is 5.82 Å². The SMILES string of the molecule is Cc1ccc2oc(-c3ccc(Cl)cc3)c/c(=N\Nc3ncnc4ccccc34)c2c1. The largest absolute Gasteiger partial charge is 0.456 e. The summed E-state index contributed by atoms with van der Waals surface area (Å²) in [5, 5.41) is 7.93. The number of nitrogens with zero attached hydrogens (tertiary/aromatic N) is 3. The average Bonchev–Trinajstić information content (AvgIpc) is 2.78. The van der Waals surface area contributed by atoms with Crippen LogP contribution in [0.15, 0.2) is 88.6 Å². The Hall–Kier alpha value is -3.70. The lowest BCUT2D eigenvalue weighted by atomic mass is 10.1. The van der Waals surface area contributed by atoms with E-state index in [0.29, 0.717) is 16.6 Å². The Bertz CT molecular complexity index is 1440. The van der Waals surface area contributed by atoms with Gasteiger partial charge in [-0.2, -0.15) is 5.10 Å². The number of hydrogen-bond acceptors (Lipinski definition) is 5. The molecule has 5 rings (SSSR count). The first-order valence-corrected chi connectivity index (χ1v) is 9.85. The topological polar surface area (TPSA) is 63.3 Å². The van der Waals surface area contributed by atoms with Gasteiger partial charge in [0.05, 0.1) is 10.9 Å². The first-order chi connectivity index (χ1) is 14.7. The molecule has 0 atom stereocenters. The lowest BCUT2D eigenvalue weighted by Crippen LogP contribution is -2.08. The highest BCUT2D eigenvalue weighted by Crippen LogP contribution is 2.24. The van der Waals surface area contributed by atoms with Crippen LogP contribution in [0.25, 0.3) is 33.2 Å². The van der Waals surface area contributed by atoms with E-state index in [1.807, 2.05) is 73.7 Å². The highest BCUT2D eigenvalue weighted by Gasteiger charge is 2.08. The second-order valence-electron chi connectivity index (χ2n) is 6.97. The van der Waals surface area contributed by atoms with Crippen molar-refractivity contribution in [1.82, 2.24) is 9.97 Å². The molecule has 0 spiro atoms. The molecule has 1 N–H and O–H groups in total. The molecule has 0 amide bonds. The van der Waals surface area contributed by atoms with Crippen molar-refractivity contribution in [2.75, 3.05) is 5.43 Å². The molecule has 30 heavy (non-hydrogen) atoms. The molecule has 5 nitrogen and oxygen atoms in total. The van der Waals surface area contributed by atoms with Crippen LogP contribution >= 0.6 is 11.6 Å². The molecule has 146 valence electrons. The zero-order valence-corrected chi connectivity index (χ0v) is 16.9. The molecular formula is C24H17ClN4O. The van der Waals surface area contributed by atoms with E-state index in [1.54, 1.807) is 0 Å². The summed E-state index contributed by atoms with van der Waals surface area (Å²) >= 11 is 6.04. The molecule has 2 aromatic heterocycles. The van der Waals surface area contributed by atoms with Crippen molar-refractivity contribution >= 4 is 39.3 Å². The number of hydrogen-bond donors (Lipinski definition) is 1. The highest BCUT2D eigenvalue weighted by molar-refractivity contribution is 6.30. The molecule has 0 saturated heterocycles. The maximum absolute atomic E-state index is 6.15. The molecule has 6 heteroatoms. The number of rotatable bonds is 3. The fraction of sp³-hybridized carbons (Fsp3) is 0.0417. The highest BCUT2D eigenvalue weighted by atomic mass is 35.5. The smallest absolute Gasteiger partial charge is 0.157 e. The van der Waals surface area contributed by atoms with Crippen molar-refractivity contribution in [2.45, 2.75) is 6.92 Å². The van der Waals surface area contributed by atoms with Gasteiger partial charge >= 0.3 is 0 Å². The van der Waals surface area contributed by atoms with Gasteiger partial charge in [-0.1, -0.05) is 35.4 Å². The third-order valence-corrected chi connectivity index (χ3v) is 5.10. The summed E-state index contributed by atoms with van der Waals surface area (Å²) in [4.78, 5) is 8.66. The van der Waals surface area contributed by atoms with Crippen LogP contribution < -0.4 is 10.8 Å². The summed E-state index contributed by atoms with van der Waals surface area (Å²) in [5.74, 6) is 1.35. The molecule has 3 aromatic carbocycles. The molecule has 0 radical (unpaired) electrons. The fourth-order valence-electron chi connectivity index (χ4n) is 3.34. The molecule has 0 aliphatic carbocycles. The number of nitrogens with one attached hydrogen (secondary N) is 1. The van der Waals surface area contributed by atoms with E-state index in [9.17, 15) is 0 Å². The number of anilines is 1. The Morgan fingerprint density at radius 3 is 2.60 bits per heavy atom. The van der Waals surface area contributed by atoms with Crippen molar-refractivity contribution in [3.05, 3.63) is 95.1 Å². The Morgan fingerprint density at radius 2 is 1.73 bits per heavy atom. The molecular weight excluding hydrogens is 396 g/mol. The number of benzene rings is 3. The fourth-order valence-corrected chi connectivity index (χ4v) is 3.46. The third-order valence-electron chi connectivity index (χ3n) is 4.85. The minimum absolute atomic E-state index is 0.648. The number of para-hydroxylation sites is 1. The van der Waals surface area contributed by atoms with Crippen LogP contribution in [0.3, 0.4) is 0 Å². The van der Waals surface area contributed by atoms with Crippen molar-refractivity contribution in [1.29, 1.82) is 0 Å². The van der Waals surface area contributed by atoms with Gasteiger partial charge < -0.3 is 4.42 Å². The van der Waals surface area contributed by atoms with Crippen LogP contribution in [0.2, 0.25) is 5.02 Å². The molecule has 0 aliphatic rings. The summed E-state index contributed by atoms with van der Waals surface area (Å²) in [5.41, 5.74) is 6.77. The van der Waals surface area contributed by atoms with Crippen LogP contribution in [0, 0.1) is 6.92 Å². The predicted molar refractivity (Wildman–Crippen MR) is 120 cm³/mol. The number of fused-ring (bicyclic) bond motifs is 2. The molecule has 0 unspecified atom stereocenters. The second kappa shape index (κ2) is 7.61. The van der Waals surface area contributed by atoms with Gasteiger partial charge in [0, 0.05) is 27.4 Å². The van der Waals surface area contributed by atoms with E-state index in [-0.39, 0.29) is 0 Å². The Morgan fingerprint density at radius 1 is 0.900 bits per heavy atom. The third kappa shape index (κ3) is 3.51. The van der Waals surface area contributed by atoms with Gasteiger partial charge in [-0.3, -0.25) is 5.43 Å². The molecule has 0 fully saturated rings. The standard InChI is InChI=1S/C24H17ClN4O/c1-15-6-11-22-19(12-15)21(13-23(30-22)16-7-9-17(25)10-8-16)28-29-24-18-4-2-3-5-20(18)26-14-27-24/h2-14H,1H3,(H,26,27,29)/b28-21+. The number of aromatic nitrogens is 2. The molecule has 2 heterocycles. The van der Waals surface area contributed by atoms with E-state index in [0.717, 1.165) is 38.4 Å². The average molecular weight is 413 g/mol. The number of halogens is 1.